The lowest BCUT2D eigenvalue weighted by Gasteiger charge is -2.21. The van der Waals surface area contributed by atoms with Gasteiger partial charge in [-0.25, -0.2) is 4.79 Å². The molecular weight excluding hydrogens is 212 g/mol. The Balaban J connectivity index is 4.14. The van der Waals surface area contributed by atoms with Crippen molar-refractivity contribution in [2.75, 3.05) is 7.11 Å². The molecule has 0 aromatic heterocycles. The van der Waals surface area contributed by atoms with Crippen LogP contribution in [0.25, 0.3) is 0 Å². The molecule has 0 radical (unpaired) electrons. The van der Waals surface area contributed by atoms with Gasteiger partial charge in [0.15, 0.2) is 0 Å². The van der Waals surface area contributed by atoms with Crippen LogP contribution in [0.15, 0.2) is 11.8 Å². The molecule has 0 heterocycles. The lowest BCUT2D eigenvalue weighted by molar-refractivity contribution is -0.320. The highest BCUT2D eigenvalue weighted by Gasteiger charge is 2.28. The van der Waals surface area contributed by atoms with Crippen molar-refractivity contribution in [3.63, 3.8) is 0 Å². The highest BCUT2D eigenvalue weighted by molar-refractivity contribution is 5.87. The molecule has 0 aromatic rings. The minimum Gasteiger partial charge on any atom is -0.504 e. The zero-order valence-corrected chi connectivity index (χ0v) is 10.0. The van der Waals surface area contributed by atoms with Gasteiger partial charge in [0.05, 0.1) is 18.9 Å². The van der Waals surface area contributed by atoms with Crippen molar-refractivity contribution in [2.45, 2.75) is 45.5 Å². The van der Waals surface area contributed by atoms with E-state index in [9.17, 15) is 15.0 Å². The molecular formula is C11H20O5. The van der Waals surface area contributed by atoms with E-state index in [2.05, 4.69) is 9.47 Å². The Kier molecular flexibility index (Phi) is 6.76. The first-order valence-corrected chi connectivity index (χ1v) is 5.30. The summed E-state index contributed by atoms with van der Waals surface area (Å²) in [5.74, 6) is -3.20. The van der Waals surface area contributed by atoms with Crippen LogP contribution in [-0.4, -0.2) is 29.3 Å². The van der Waals surface area contributed by atoms with Gasteiger partial charge in [-0.1, -0.05) is 19.8 Å². The standard InChI is InChI=1S/C11H20O5/c1-4-5-6-7-11(13,14)16-10(12)9(2)8-15-3/h8,13-14H,4-7H2,1-3H3/b9-8+. The van der Waals surface area contributed by atoms with Gasteiger partial charge in [-0.3, -0.25) is 0 Å². The second-order valence-corrected chi connectivity index (χ2v) is 3.63. The lowest BCUT2D eigenvalue weighted by Crippen LogP contribution is -2.34. The predicted octanol–water partition coefficient (Wildman–Crippen LogP) is 1.30. The summed E-state index contributed by atoms with van der Waals surface area (Å²) in [6, 6.07) is 0. The number of unbranched alkanes of at least 4 members (excludes halogenated alkanes) is 2. The van der Waals surface area contributed by atoms with Crippen molar-refractivity contribution >= 4 is 5.97 Å². The highest BCUT2D eigenvalue weighted by Crippen LogP contribution is 2.15. The summed E-state index contributed by atoms with van der Waals surface area (Å²) >= 11 is 0. The summed E-state index contributed by atoms with van der Waals surface area (Å²) in [6.07, 6.45) is 3.58. The van der Waals surface area contributed by atoms with Crippen molar-refractivity contribution in [2.24, 2.45) is 0 Å². The van der Waals surface area contributed by atoms with Crippen LogP contribution < -0.4 is 0 Å². The first kappa shape index (κ1) is 14.9. The first-order valence-electron chi connectivity index (χ1n) is 5.30. The van der Waals surface area contributed by atoms with Crippen LogP contribution in [0.3, 0.4) is 0 Å². The van der Waals surface area contributed by atoms with Gasteiger partial charge in [-0.15, -0.1) is 0 Å². The van der Waals surface area contributed by atoms with Crippen molar-refractivity contribution in [1.82, 2.24) is 0 Å². The molecule has 0 amide bonds. The summed E-state index contributed by atoms with van der Waals surface area (Å²) in [5, 5.41) is 18.7. The Morgan fingerprint density at radius 3 is 2.50 bits per heavy atom. The average Bonchev–Trinajstić information content (AvgIpc) is 2.17. The van der Waals surface area contributed by atoms with Crippen molar-refractivity contribution in [3.05, 3.63) is 11.8 Å². The largest absolute Gasteiger partial charge is 0.504 e. The number of rotatable bonds is 7. The molecule has 2 N–H and O–H groups in total. The molecule has 0 aliphatic heterocycles. The van der Waals surface area contributed by atoms with E-state index in [1.165, 1.54) is 20.3 Å². The third-order valence-corrected chi connectivity index (χ3v) is 1.98. The number of hydrogen-bond acceptors (Lipinski definition) is 5. The zero-order chi connectivity index (χ0) is 12.6. The Morgan fingerprint density at radius 1 is 1.38 bits per heavy atom. The van der Waals surface area contributed by atoms with Gasteiger partial charge in [-0.2, -0.15) is 0 Å². The summed E-state index contributed by atoms with van der Waals surface area (Å²) in [7, 11) is 1.39. The molecule has 16 heavy (non-hydrogen) atoms. The van der Waals surface area contributed by atoms with E-state index in [1.54, 1.807) is 0 Å². The Labute approximate surface area is 95.7 Å². The van der Waals surface area contributed by atoms with Gasteiger partial charge in [0.25, 0.3) is 0 Å². The maximum atomic E-state index is 11.3. The molecule has 5 heteroatoms. The predicted molar refractivity (Wildman–Crippen MR) is 58.2 cm³/mol. The van der Waals surface area contributed by atoms with E-state index < -0.39 is 11.9 Å². The van der Waals surface area contributed by atoms with Crippen LogP contribution in [0, 0.1) is 0 Å². The van der Waals surface area contributed by atoms with Gasteiger partial charge in [0, 0.05) is 6.42 Å². The number of aliphatic hydroxyl groups is 2. The minimum absolute atomic E-state index is 0.00679. The molecule has 0 bridgehead atoms. The van der Waals surface area contributed by atoms with Crippen LogP contribution in [0.4, 0.5) is 0 Å². The Bertz CT molecular complexity index is 245. The third-order valence-electron chi connectivity index (χ3n) is 1.98. The van der Waals surface area contributed by atoms with E-state index in [0.717, 1.165) is 12.8 Å². The van der Waals surface area contributed by atoms with Gasteiger partial charge in [0.1, 0.15) is 0 Å². The third kappa shape index (κ3) is 6.42. The van der Waals surface area contributed by atoms with Gasteiger partial charge < -0.3 is 19.7 Å². The van der Waals surface area contributed by atoms with Crippen molar-refractivity contribution in [1.29, 1.82) is 0 Å². The monoisotopic (exact) mass is 232 g/mol. The summed E-state index contributed by atoms with van der Waals surface area (Å²) in [6.45, 7) is 3.46. The van der Waals surface area contributed by atoms with Crippen LogP contribution in [0.2, 0.25) is 0 Å². The SMILES string of the molecule is CCCCCC(O)(O)OC(=O)/C(C)=C/OC. The van der Waals surface area contributed by atoms with E-state index >= 15 is 0 Å². The fourth-order valence-corrected chi connectivity index (χ4v) is 1.11. The molecule has 0 aliphatic rings. The van der Waals surface area contributed by atoms with E-state index in [0.29, 0.717) is 6.42 Å². The normalized spacial score (nSPS) is 12.4. The fraction of sp³-hybridized carbons (Fsp3) is 0.727. The second kappa shape index (κ2) is 7.24. The lowest BCUT2D eigenvalue weighted by atomic mass is 10.2. The number of carbonyl (C=O) groups excluding carboxylic acids is 1. The van der Waals surface area contributed by atoms with E-state index in [1.807, 2.05) is 6.92 Å². The van der Waals surface area contributed by atoms with Gasteiger partial charge in [-0.05, 0) is 13.3 Å². The number of methoxy groups -OCH3 is 1. The smallest absolute Gasteiger partial charge is 0.341 e. The van der Waals surface area contributed by atoms with Crippen LogP contribution in [0.1, 0.15) is 39.5 Å². The topological polar surface area (TPSA) is 76.0 Å². The molecule has 0 unspecified atom stereocenters. The molecule has 0 rings (SSSR count). The van der Waals surface area contributed by atoms with Gasteiger partial charge in [0.2, 0.25) is 0 Å². The number of hydrogen-bond donors (Lipinski definition) is 2. The summed E-state index contributed by atoms with van der Waals surface area (Å²) in [5.41, 5.74) is 0.172. The van der Waals surface area contributed by atoms with Crippen molar-refractivity contribution < 1.29 is 24.5 Å². The van der Waals surface area contributed by atoms with Crippen molar-refractivity contribution in [3.8, 4) is 0 Å². The summed E-state index contributed by atoms with van der Waals surface area (Å²) in [4.78, 5) is 11.3. The highest BCUT2D eigenvalue weighted by atomic mass is 16.8. The van der Waals surface area contributed by atoms with Gasteiger partial charge >= 0.3 is 11.9 Å². The molecule has 0 fully saturated rings. The molecule has 5 nitrogen and oxygen atoms in total. The number of carbonyl (C=O) groups is 1. The second-order valence-electron chi connectivity index (χ2n) is 3.63. The number of ether oxygens (including phenoxy) is 2. The average molecular weight is 232 g/mol. The fourth-order valence-electron chi connectivity index (χ4n) is 1.11. The Morgan fingerprint density at radius 2 is 2.00 bits per heavy atom. The van der Waals surface area contributed by atoms with Crippen LogP contribution in [0.5, 0.6) is 0 Å². The number of esters is 1. The van der Waals surface area contributed by atoms with E-state index in [-0.39, 0.29) is 12.0 Å². The molecule has 0 aromatic carbocycles. The molecule has 0 atom stereocenters. The first-order chi connectivity index (χ1) is 7.43. The molecule has 0 saturated heterocycles. The molecule has 94 valence electrons. The molecule has 0 aliphatic carbocycles. The maximum Gasteiger partial charge on any atom is 0.341 e. The quantitative estimate of drug-likeness (QED) is 0.227. The van der Waals surface area contributed by atoms with Crippen LogP contribution in [-0.2, 0) is 14.3 Å². The van der Waals surface area contributed by atoms with Crippen LogP contribution >= 0.6 is 0 Å². The maximum absolute atomic E-state index is 11.3. The molecule has 0 spiro atoms. The summed E-state index contributed by atoms with van der Waals surface area (Å²) < 4.78 is 9.13. The van der Waals surface area contributed by atoms with E-state index in [4.69, 9.17) is 0 Å². The molecule has 0 saturated carbocycles. The minimum atomic E-state index is -2.39. The Hall–Kier alpha value is -1.07. The zero-order valence-electron chi connectivity index (χ0n) is 10.0.